The smallest absolute Gasteiger partial charge is 0.315 e. The van der Waals surface area contributed by atoms with Crippen LogP contribution in [0.15, 0.2) is 18.3 Å². The predicted molar refractivity (Wildman–Crippen MR) is 91.2 cm³/mol. The summed E-state index contributed by atoms with van der Waals surface area (Å²) in [6, 6.07) is 3.85. The highest BCUT2D eigenvalue weighted by atomic mass is 32.2. The van der Waals surface area contributed by atoms with Crippen LogP contribution in [0.4, 0.5) is 16.3 Å². The Balaban J connectivity index is 1.34. The molecule has 0 aromatic carbocycles. The topological polar surface area (TPSA) is 109 Å². The molecule has 3 rings (SSSR count). The summed E-state index contributed by atoms with van der Waals surface area (Å²) in [5.41, 5.74) is 6.17. The van der Waals surface area contributed by atoms with Crippen molar-refractivity contribution in [2.45, 2.75) is 43.0 Å². The van der Waals surface area contributed by atoms with Gasteiger partial charge in [-0.05, 0) is 25.0 Å². The Morgan fingerprint density at radius 3 is 3.04 bits per heavy atom. The van der Waals surface area contributed by atoms with E-state index in [0.717, 1.165) is 25.0 Å². The number of nitrogens with one attached hydrogen (secondary N) is 3. The molecule has 0 radical (unpaired) electrons. The Kier molecular flexibility index (Phi) is 4.90. The van der Waals surface area contributed by atoms with Gasteiger partial charge in [-0.3, -0.25) is 4.79 Å². The number of urea groups is 1. The highest BCUT2D eigenvalue weighted by Crippen LogP contribution is 2.33. The standard InChI is InChI=1S/C15H21N5O2S/c16-12-6-5-9(7-17-12)18-13(21)4-2-1-3-11-14-10(8-23-11)19-15(22)20-14/h5-7,10-11,14H,1-4,8H2,(H2,16,17)(H,18,21)(H2,19,20,22)/t10-,11-,14-/m0/s1. The van der Waals surface area contributed by atoms with Crippen molar-refractivity contribution in [2.75, 3.05) is 16.8 Å². The number of nitrogens with zero attached hydrogens (tertiary/aromatic N) is 1. The molecule has 8 heteroatoms. The van der Waals surface area contributed by atoms with Crippen LogP contribution >= 0.6 is 11.8 Å². The van der Waals surface area contributed by atoms with Gasteiger partial charge < -0.3 is 21.7 Å². The molecule has 23 heavy (non-hydrogen) atoms. The first-order chi connectivity index (χ1) is 11.1. The molecular formula is C15H21N5O2S. The number of pyridine rings is 1. The molecule has 2 aliphatic rings. The molecule has 124 valence electrons. The highest BCUT2D eigenvalue weighted by Gasteiger charge is 2.42. The van der Waals surface area contributed by atoms with Gasteiger partial charge in [-0.15, -0.1) is 0 Å². The fraction of sp³-hybridized carbons (Fsp3) is 0.533. The van der Waals surface area contributed by atoms with E-state index in [4.69, 9.17) is 5.73 Å². The van der Waals surface area contributed by atoms with E-state index in [1.807, 2.05) is 11.8 Å². The van der Waals surface area contributed by atoms with E-state index in [1.54, 1.807) is 18.3 Å². The number of rotatable bonds is 6. The molecule has 0 bridgehead atoms. The molecular weight excluding hydrogens is 314 g/mol. The number of anilines is 2. The van der Waals surface area contributed by atoms with Crippen LogP contribution in [0.1, 0.15) is 25.7 Å². The van der Waals surface area contributed by atoms with E-state index in [-0.39, 0.29) is 24.0 Å². The van der Waals surface area contributed by atoms with Crippen molar-refractivity contribution in [3.8, 4) is 0 Å². The lowest BCUT2D eigenvalue weighted by molar-refractivity contribution is -0.116. The minimum Gasteiger partial charge on any atom is -0.384 e. The van der Waals surface area contributed by atoms with Crippen LogP contribution in [0.3, 0.4) is 0 Å². The van der Waals surface area contributed by atoms with Gasteiger partial charge >= 0.3 is 6.03 Å². The molecule has 3 heterocycles. The van der Waals surface area contributed by atoms with Gasteiger partial charge in [0.25, 0.3) is 0 Å². The lowest BCUT2D eigenvalue weighted by Gasteiger charge is -2.16. The fourth-order valence-corrected chi connectivity index (χ4v) is 4.52. The van der Waals surface area contributed by atoms with Gasteiger partial charge in [0.15, 0.2) is 0 Å². The van der Waals surface area contributed by atoms with Crippen molar-refractivity contribution in [1.82, 2.24) is 15.6 Å². The van der Waals surface area contributed by atoms with E-state index < -0.39 is 0 Å². The summed E-state index contributed by atoms with van der Waals surface area (Å²) >= 11 is 1.90. The zero-order valence-corrected chi connectivity index (χ0v) is 13.6. The van der Waals surface area contributed by atoms with Crippen molar-refractivity contribution >= 4 is 35.2 Å². The third-order valence-corrected chi connectivity index (χ3v) is 5.66. The van der Waals surface area contributed by atoms with E-state index >= 15 is 0 Å². The van der Waals surface area contributed by atoms with Crippen LogP contribution < -0.4 is 21.7 Å². The van der Waals surface area contributed by atoms with Crippen LogP contribution in [-0.4, -0.2) is 40.0 Å². The van der Waals surface area contributed by atoms with Crippen LogP contribution in [0.2, 0.25) is 0 Å². The number of carbonyl (C=O) groups is 2. The van der Waals surface area contributed by atoms with Crippen LogP contribution in [0, 0.1) is 0 Å². The Morgan fingerprint density at radius 2 is 2.26 bits per heavy atom. The lowest BCUT2D eigenvalue weighted by Crippen LogP contribution is -2.36. The van der Waals surface area contributed by atoms with E-state index in [0.29, 0.717) is 23.2 Å². The van der Waals surface area contributed by atoms with Gasteiger partial charge in [-0.25, -0.2) is 9.78 Å². The van der Waals surface area contributed by atoms with Crippen molar-refractivity contribution in [3.63, 3.8) is 0 Å². The average Bonchev–Trinajstić information content (AvgIpc) is 3.06. The quantitative estimate of drug-likeness (QED) is 0.463. The summed E-state index contributed by atoms with van der Waals surface area (Å²) in [7, 11) is 0. The van der Waals surface area contributed by atoms with Gasteiger partial charge in [0.1, 0.15) is 5.82 Å². The molecule has 1 aromatic heterocycles. The molecule has 0 aliphatic carbocycles. The normalized spacial score (nSPS) is 25.6. The molecule has 2 saturated heterocycles. The number of fused-ring (bicyclic) bond motifs is 1. The molecule has 0 spiro atoms. The second-order valence-corrected chi connectivity index (χ2v) is 7.16. The van der Waals surface area contributed by atoms with Gasteiger partial charge in [0, 0.05) is 17.4 Å². The number of unbranched alkanes of at least 4 members (excludes halogenated alkanes) is 1. The van der Waals surface area contributed by atoms with Gasteiger partial charge in [0.05, 0.1) is 24.0 Å². The number of thioether (sulfide) groups is 1. The number of carbonyl (C=O) groups excluding carboxylic acids is 2. The van der Waals surface area contributed by atoms with Crippen molar-refractivity contribution in [1.29, 1.82) is 0 Å². The maximum Gasteiger partial charge on any atom is 0.315 e. The summed E-state index contributed by atoms with van der Waals surface area (Å²) < 4.78 is 0. The summed E-state index contributed by atoms with van der Waals surface area (Å²) in [5, 5.41) is 9.18. The molecule has 3 amide bonds. The molecule has 0 unspecified atom stereocenters. The SMILES string of the molecule is Nc1ccc(NC(=O)CCCC[C@@H]2SC[C@@H]3NC(=O)N[C@@H]32)cn1. The number of aromatic nitrogens is 1. The Labute approximate surface area is 139 Å². The maximum absolute atomic E-state index is 11.9. The molecule has 7 nitrogen and oxygen atoms in total. The number of nitrogen functional groups attached to an aromatic ring is 1. The van der Waals surface area contributed by atoms with Crippen LogP contribution in [0.5, 0.6) is 0 Å². The number of amides is 3. The second-order valence-electron chi connectivity index (χ2n) is 5.89. The first-order valence-corrected chi connectivity index (χ1v) is 8.87. The molecule has 5 N–H and O–H groups in total. The highest BCUT2D eigenvalue weighted by molar-refractivity contribution is 8.00. The molecule has 3 atom stereocenters. The summed E-state index contributed by atoms with van der Waals surface area (Å²) in [6.45, 7) is 0. The molecule has 2 fully saturated rings. The van der Waals surface area contributed by atoms with Crippen molar-refractivity contribution < 1.29 is 9.59 Å². The minimum atomic E-state index is -0.0539. The summed E-state index contributed by atoms with van der Waals surface area (Å²) in [4.78, 5) is 27.1. The zero-order valence-electron chi connectivity index (χ0n) is 12.7. The van der Waals surface area contributed by atoms with Crippen LogP contribution in [0.25, 0.3) is 0 Å². The Morgan fingerprint density at radius 1 is 1.39 bits per heavy atom. The lowest BCUT2D eigenvalue weighted by atomic mass is 10.0. The monoisotopic (exact) mass is 335 g/mol. The molecule has 0 saturated carbocycles. The molecule has 2 aliphatic heterocycles. The first kappa shape index (κ1) is 15.9. The zero-order chi connectivity index (χ0) is 16.2. The molecule has 1 aromatic rings. The van der Waals surface area contributed by atoms with Crippen LogP contribution in [-0.2, 0) is 4.79 Å². The van der Waals surface area contributed by atoms with Gasteiger partial charge in [-0.2, -0.15) is 11.8 Å². The third kappa shape index (κ3) is 4.07. The second kappa shape index (κ2) is 7.08. The Bertz CT molecular complexity index is 580. The maximum atomic E-state index is 11.9. The van der Waals surface area contributed by atoms with Crippen molar-refractivity contribution in [2.24, 2.45) is 0 Å². The van der Waals surface area contributed by atoms with E-state index in [2.05, 4.69) is 20.9 Å². The summed E-state index contributed by atoms with van der Waals surface area (Å²) in [5.74, 6) is 1.40. The van der Waals surface area contributed by atoms with E-state index in [1.165, 1.54) is 0 Å². The number of hydrogen-bond donors (Lipinski definition) is 4. The van der Waals surface area contributed by atoms with E-state index in [9.17, 15) is 9.59 Å². The van der Waals surface area contributed by atoms with Gasteiger partial charge in [-0.1, -0.05) is 6.42 Å². The predicted octanol–water partition coefficient (Wildman–Crippen LogP) is 1.33. The number of hydrogen-bond acceptors (Lipinski definition) is 5. The van der Waals surface area contributed by atoms with Crippen molar-refractivity contribution in [3.05, 3.63) is 18.3 Å². The third-order valence-electron chi connectivity index (χ3n) is 4.15. The Hall–Kier alpha value is -1.96. The summed E-state index contributed by atoms with van der Waals surface area (Å²) in [6.07, 6.45) is 4.87. The fourth-order valence-electron chi connectivity index (χ4n) is 2.98. The largest absolute Gasteiger partial charge is 0.384 e. The average molecular weight is 335 g/mol. The first-order valence-electron chi connectivity index (χ1n) is 7.82. The van der Waals surface area contributed by atoms with Gasteiger partial charge in [0.2, 0.25) is 5.91 Å². The number of nitrogens with two attached hydrogens (primary N) is 1. The minimum absolute atomic E-state index is 0.00985.